The van der Waals surface area contributed by atoms with Crippen LogP contribution in [0.2, 0.25) is 0 Å². The van der Waals surface area contributed by atoms with Crippen LogP contribution in [0.4, 0.5) is 5.82 Å². The van der Waals surface area contributed by atoms with Crippen molar-refractivity contribution < 1.29 is 9.90 Å². The highest BCUT2D eigenvalue weighted by Gasteiger charge is 2.20. The highest BCUT2D eigenvalue weighted by molar-refractivity contribution is 5.81. The van der Waals surface area contributed by atoms with E-state index in [0.717, 1.165) is 22.8 Å². The van der Waals surface area contributed by atoms with Crippen LogP contribution in [0, 0.1) is 6.92 Å². The molecule has 1 aromatic carbocycles. The van der Waals surface area contributed by atoms with E-state index in [4.69, 9.17) is 0 Å². The number of aryl methyl sites for hydroxylation is 1. The van der Waals surface area contributed by atoms with E-state index >= 15 is 0 Å². The maximum atomic E-state index is 11.6. The molecule has 6 nitrogen and oxygen atoms in total. The number of nitrogens with zero attached hydrogens (tertiary/aromatic N) is 3. The number of aromatic nitrogens is 2. The van der Waals surface area contributed by atoms with Crippen LogP contribution in [-0.4, -0.2) is 41.4 Å². The van der Waals surface area contributed by atoms with Gasteiger partial charge < -0.3 is 15.3 Å². The topological polar surface area (TPSA) is 70.4 Å². The number of likely N-dealkylation sites (N-methyl/N-ethyl adjacent to an activating group) is 2. The van der Waals surface area contributed by atoms with Gasteiger partial charge in [0.25, 0.3) is 0 Å². The second-order valence-electron chi connectivity index (χ2n) is 4.82. The van der Waals surface area contributed by atoms with Gasteiger partial charge in [0, 0.05) is 19.7 Å². The van der Waals surface area contributed by atoms with Crippen molar-refractivity contribution in [1.29, 1.82) is 0 Å². The molecule has 112 valence electrons. The number of para-hydroxylation sites is 1. The molecule has 0 bridgehead atoms. The number of benzene rings is 1. The summed E-state index contributed by atoms with van der Waals surface area (Å²) in [6.45, 7) is 1.93. The van der Waals surface area contributed by atoms with E-state index in [1.807, 2.05) is 44.3 Å². The smallest absolute Gasteiger partial charge is 0.239 e. The zero-order chi connectivity index (χ0) is 15.4. The van der Waals surface area contributed by atoms with E-state index in [0.29, 0.717) is 0 Å². The maximum Gasteiger partial charge on any atom is 0.239 e. The summed E-state index contributed by atoms with van der Waals surface area (Å²) in [4.78, 5) is 13.4. The first-order valence-electron chi connectivity index (χ1n) is 6.75. The van der Waals surface area contributed by atoms with E-state index in [1.165, 1.54) is 0 Å². The fraction of sp³-hybridized carbons (Fsp3) is 0.333. The van der Waals surface area contributed by atoms with Crippen LogP contribution in [0.3, 0.4) is 0 Å². The molecule has 2 rings (SSSR count). The molecule has 0 aliphatic heterocycles. The van der Waals surface area contributed by atoms with E-state index in [-0.39, 0.29) is 19.1 Å². The lowest BCUT2D eigenvalue weighted by Crippen LogP contribution is -2.34. The maximum absolute atomic E-state index is 11.6. The quantitative estimate of drug-likeness (QED) is 0.856. The third kappa shape index (κ3) is 3.05. The van der Waals surface area contributed by atoms with Crippen LogP contribution < -0.4 is 10.2 Å². The molecule has 0 radical (unpaired) electrons. The van der Waals surface area contributed by atoms with Crippen molar-refractivity contribution in [3.8, 4) is 5.69 Å². The number of hydrogen-bond donors (Lipinski definition) is 2. The highest BCUT2D eigenvalue weighted by atomic mass is 16.3. The minimum Gasteiger partial charge on any atom is -0.391 e. The Morgan fingerprint density at radius 2 is 2.05 bits per heavy atom. The van der Waals surface area contributed by atoms with Gasteiger partial charge in [-0.15, -0.1) is 0 Å². The van der Waals surface area contributed by atoms with E-state index in [1.54, 1.807) is 16.6 Å². The minimum absolute atomic E-state index is 0.0974. The zero-order valence-electron chi connectivity index (χ0n) is 12.5. The van der Waals surface area contributed by atoms with Crippen LogP contribution in [0.25, 0.3) is 5.69 Å². The lowest BCUT2D eigenvalue weighted by atomic mass is 10.2. The first-order chi connectivity index (χ1) is 10.1. The molecule has 1 amide bonds. The van der Waals surface area contributed by atoms with Crippen LogP contribution in [0.1, 0.15) is 11.3 Å². The Balaban J connectivity index is 2.49. The second kappa shape index (κ2) is 6.41. The number of amides is 1. The van der Waals surface area contributed by atoms with Crippen molar-refractivity contribution in [3.05, 3.63) is 41.6 Å². The number of carbonyl (C=O) groups is 1. The van der Waals surface area contributed by atoms with Crippen LogP contribution in [-0.2, 0) is 11.4 Å². The number of rotatable bonds is 5. The summed E-state index contributed by atoms with van der Waals surface area (Å²) in [5.41, 5.74) is 2.37. The summed E-state index contributed by atoms with van der Waals surface area (Å²) in [6.07, 6.45) is 0. The number of hydrogen-bond acceptors (Lipinski definition) is 4. The normalized spacial score (nSPS) is 10.5. The van der Waals surface area contributed by atoms with Crippen molar-refractivity contribution in [2.75, 3.05) is 25.5 Å². The predicted molar refractivity (Wildman–Crippen MR) is 81.6 cm³/mol. The molecule has 0 unspecified atom stereocenters. The third-order valence-corrected chi connectivity index (χ3v) is 3.34. The van der Waals surface area contributed by atoms with Gasteiger partial charge in [-0.2, -0.15) is 5.10 Å². The van der Waals surface area contributed by atoms with Crippen LogP contribution in [0.5, 0.6) is 0 Å². The fourth-order valence-corrected chi connectivity index (χ4v) is 2.24. The number of carbonyl (C=O) groups excluding carboxylic acids is 1. The van der Waals surface area contributed by atoms with Gasteiger partial charge in [0.1, 0.15) is 5.82 Å². The van der Waals surface area contributed by atoms with E-state index < -0.39 is 0 Å². The molecule has 0 fully saturated rings. The molecule has 0 atom stereocenters. The third-order valence-electron chi connectivity index (χ3n) is 3.34. The predicted octanol–water partition coefficient (Wildman–Crippen LogP) is 0.855. The standard InChI is InChI=1S/C15H20N4O2/c1-11-13(10-20)15(18(3)9-14(21)16-2)19(17-11)12-7-5-4-6-8-12/h4-8,20H,9-10H2,1-3H3,(H,16,21). The number of anilines is 1. The van der Waals surface area contributed by atoms with Crippen molar-refractivity contribution in [2.45, 2.75) is 13.5 Å². The van der Waals surface area contributed by atoms with Gasteiger partial charge in [-0.05, 0) is 19.1 Å². The molecule has 0 spiro atoms. The summed E-state index contributed by atoms with van der Waals surface area (Å²) in [5, 5.41) is 16.7. The molecular weight excluding hydrogens is 268 g/mol. The SMILES string of the molecule is CNC(=O)CN(C)c1c(CO)c(C)nn1-c1ccccc1. The molecule has 1 aromatic heterocycles. The molecule has 0 aliphatic rings. The van der Waals surface area contributed by atoms with E-state index in [2.05, 4.69) is 10.4 Å². The monoisotopic (exact) mass is 288 g/mol. The van der Waals surface area contributed by atoms with Gasteiger partial charge in [0.15, 0.2) is 0 Å². The van der Waals surface area contributed by atoms with Crippen molar-refractivity contribution in [2.24, 2.45) is 0 Å². The molecule has 1 heterocycles. The average molecular weight is 288 g/mol. The largest absolute Gasteiger partial charge is 0.391 e. The summed E-state index contributed by atoms with van der Waals surface area (Å²) in [5.74, 6) is 0.629. The molecule has 2 N–H and O–H groups in total. The Bertz CT molecular complexity index is 622. The Labute approximate surface area is 124 Å². The summed E-state index contributed by atoms with van der Waals surface area (Å²) in [7, 11) is 3.41. The Morgan fingerprint density at radius 1 is 1.38 bits per heavy atom. The van der Waals surface area contributed by atoms with Crippen LogP contribution in [0.15, 0.2) is 30.3 Å². The highest BCUT2D eigenvalue weighted by Crippen LogP contribution is 2.26. The van der Waals surface area contributed by atoms with Gasteiger partial charge in [0.05, 0.1) is 24.5 Å². The molecule has 0 saturated carbocycles. The Kier molecular flexibility index (Phi) is 4.59. The summed E-state index contributed by atoms with van der Waals surface area (Å²) in [6, 6.07) is 9.65. The molecular formula is C15H20N4O2. The number of aliphatic hydroxyl groups is 1. The fourth-order valence-electron chi connectivity index (χ4n) is 2.24. The molecule has 0 aliphatic carbocycles. The second-order valence-corrected chi connectivity index (χ2v) is 4.82. The van der Waals surface area contributed by atoms with Crippen molar-refractivity contribution >= 4 is 11.7 Å². The summed E-state index contributed by atoms with van der Waals surface area (Å²) >= 11 is 0. The molecule has 2 aromatic rings. The van der Waals surface area contributed by atoms with Crippen molar-refractivity contribution in [1.82, 2.24) is 15.1 Å². The molecule has 6 heteroatoms. The van der Waals surface area contributed by atoms with Gasteiger partial charge in [-0.25, -0.2) is 4.68 Å². The molecule has 0 saturated heterocycles. The lowest BCUT2D eigenvalue weighted by Gasteiger charge is -2.21. The first kappa shape index (κ1) is 15.1. The average Bonchev–Trinajstić information content (AvgIpc) is 2.84. The van der Waals surface area contributed by atoms with Gasteiger partial charge in [-0.3, -0.25) is 4.79 Å². The first-order valence-corrected chi connectivity index (χ1v) is 6.75. The van der Waals surface area contributed by atoms with Gasteiger partial charge >= 0.3 is 0 Å². The van der Waals surface area contributed by atoms with Gasteiger partial charge in [0.2, 0.25) is 5.91 Å². The Hall–Kier alpha value is -2.34. The van der Waals surface area contributed by atoms with E-state index in [9.17, 15) is 9.90 Å². The van der Waals surface area contributed by atoms with Crippen molar-refractivity contribution in [3.63, 3.8) is 0 Å². The Morgan fingerprint density at radius 3 is 2.62 bits per heavy atom. The lowest BCUT2D eigenvalue weighted by molar-refractivity contribution is -0.119. The number of aliphatic hydroxyl groups excluding tert-OH is 1. The zero-order valence-corrected chi connectivity index (χ0v) is 12.5. The van der Waals surface area contributed by atoms with Gasteiger partial charge in [-0.1, -0.05) is 18.2 Å². The minimum atomic E-state index is -0.119. The number of nitrogens with one attached hydrogen (secondary N) is 1. The van der Waals surface area contributed by atoms with Crippen LogP contribution >= 0.6 is 0 Å². The molecule has 21 heavy (non-hydrogen) atoms. The summed E-state index contributed by atoms with van der Waals surface area (Å²) < 4.78 is 1.75.